The summed E-state index contributed by atoms with van der Waals surface area (Å²) in [7, 11) is 7.44. The van der Waals surface area contributed by atoms with Crippen LogP contribution in [-0.2, 0) is 13.0 Å². The molecule has 0 heterocycles. The van der Waals surface area contributed by atoms with Gasteiger partial charge in [0.2, 0.25) is 0 Å². The zero-order valence-electron chi connectivity index (χ0n) is 20.5. The minimum Gasteiger partial charge on any atom is -0.494 e. The number of nitrogens with one attached hydrogen (secondary N) is 2. The van der Waals surface area contributed by atoms with Crippen molar-refractivity contribution in [2.75, 3.05) is 54.6 Å². The van der Waals surface area contributed by atoms with Crippen LogP contribution in [0.2, 0.25) is 0 Å². The second kappa shape index (κ2) is 16.4. The average molecular weight is 571 g/mol. The second-order valence-electron chi connectivity index (χ2n) is 7.71. The zero-order valence-corrected chi connectivity index (χ0v) is 22.8. The second-order valence-corrected chi connectivity index (χ2v) is 7.71. The van der Waals surface area contributed by atoms with E-state index >= 15 is 0 Å². The molecule has 184 valence electrons. The van der Waals surface area contributed by atoms with Crippen LogP contribution < -0.4 is 24.8 Å². The topological polar surface area (TPSA) is 67.4 Å². The molecular formula is C25H39IN4O3. The van der Waals surface area contributed by atoms with E-state index in [0.717, 1.165) is 67.9 Å². The van der Waals surface area contributed by atoms with Crippen molar-refractivity contribution in [3.8, 4) is 17.2 Å². The van der Waals surface area contributed by atoms with Gasteiger partial charge in [0.1, 0.15) is 5.75 Å². The van der Waals surface area contributed by atoms with Gasteiger partial charge in [0.25, 0.3) is 0 Å². The molecule has 7 nitrogen and oxygen atoms in total. The van der Waals surface area contributed by atoms with Crippen molar-refractivity contribution in [3.05, 3.63) is 53.6 Å². The fourth-order valence-electron chi connectivity index (χ4n) is 3.14. The van der Waals surface area contributed by atoms with Crippen LogP contribution in [0.1, 0.15) is 24.5 Å². The quantitative estimate of drug-likeness (QED) is 0.165. The molecule has 8 heteroatoms. The van der Waals surface area contributed by atoms with Crippen molar-refractivity contribution in [1.82, 2.24) is 15.5 Å². The number of halogens is 1. The first kappa shape index (κ1) is 28.8. The van der Waals surface area contributed by atoms with Crippen molar-refractivity contribution in [3.63, 3.8) is 0 Å². The smallest absolute Gasteiger partial charge is 0.191 e. The first-order chi connectivity index (χ1) is 15.5. The normalized spacial score (nSPS) is 11.0. The van der Waals surface area contributed by atoms with Gasteiger partial charge >= 0.3 is 0 Å². The summed E-state index contributed by atoms with van der Waals surface area (Å²) in [5.74, 6) is 3.19. The number of nitrogens with zero attached hydrogens (tertiary/aromatic N) is 2. The van der Waals surface area contributed by atoms with Gasteiger partial charge in [0, 0.05) is 19.6 Å². The first-order valence-corrected chi connectivity index (χ1v) is 11.1. The number of rotatable bonds is 13. The summed E-state index contributed by atoms with van der Waals surface area (Å²) in [6.45, 7) is 5.99. The Morgan fingerprint density at radius 3 is 2.27 bits per heavy atom. The molecule has 0 aliphatic carbocycles. The molecule has 0 spiro atoms. The SMILES string of the molecule is CCNC(=NCc1ccc(OCCCN(C)C)cc1)NCCc1ccc(OC)c(OC)c1.I. The van der Waals surface area contributed by atoms with Gasteiger partial charge in [-0.05, 0) is 69.3 Å². The average Bonchev–Trinajstić information content (AvgIpc) is 2.80. The standard InChI is InChI=1S/C25H38N4O3.HI/c1-6-26-25(27-15-14-20-10-13-23(30-4)24(18-20)31-5)28-19-21-8-11-22(12-9-21)32-17-7-16-29(2)3;/h8-13,18H,6-7,14-17,19H2,1-5H3,(H2,26,27,28);1H. The zero-order chi connectivity index (χ0) is 23.2. The Kier molecular flexibility index (Phi) is 14.3. The number of aliphatic imine (C=N–C) groups is 1. The molecule has 0 amide bonds. The molecule has 33 heavy (non-hydrogen) atoms. The van der Waals surface area contributed by atoms with Crippen molar-refractivity contribution in [2.24, 2.45) is 4.99 Å². The Morgan fingerprint density at radius 2 is 1.64 bits per heavy atom. The highest BCUT2D eigenvalue weighted by molar-refractivity contribution is 14.0. The maximum absolute atomic E-state index is 5.80. The maximum atomic E-state index is 5.80. The summed E-state index contributed by atoms with van der Waals surface area (Å²) in [6, 6.07) is 14.2. The molecule has 2 aromatic carbocycles. The fraction of sp³-hybridized carbons (Fsp3) is 0.480. The Bertz CT molecular complexity index is 829. The molecular weight excluding hydrogens is 531 g/mol. The van der Waals surface area contributed by atoms with Crippen LogP contribution in [0.4, 0.5) is 0 Å². The molecule has 0 fully saturated rings. The number of ether oxygens (including phenoxy) is 3. The van der Waals surface area contributed by atoms with Gasteiger partial charge in [0.05, 0.1) is 27.4 Å². The van der Waals surface area contributed by atoms with E-state index in [9.17, 15) is 0 Å². The molecule has 0 saturated carbocycles. The Morgan fingerprint density at radius 1 is 0.939 bits per heavy atom. The Hall–Kier alpha value is -2.20. The number of hydrogen-bond acceptors (Lipinski definition) is 5. The van der Waals surface area contributed by atoms with Crippen LogP contribution in [0.25, 0.3) is 0 Å². The lowest BCUT2D eigenvalue weighted by Gasteiger charge is -2.13. The van der Waals surface area contributed by atoms with Crippen molar-refractivity contribution in [2.45, 2.75) is 26.3 Å². The molecule has 0 saturated heterocycles. The minimum absolute atomic E-state index is 0. The van der Waals surface area contributed by atoms with Gasteiger partial charge in [-0.2, -0.15) is 0 Å². The predicted molar refractivity (Wildman–Crippen MR) is 147 cm³/mol. The van der Waals surface area contributed by atoms with Gasteiger partial charge in [-0.1, -0.05) is 18.2 Å². The molecule has 2 rings (SSSR count). The number of guanidine groups is 1. The molecule has 2 aromatic rings. The highest BCUT2D eigenvalue weighted by atomic mass is 127. The molecule has 2 N–H and O–H groups in total. The highest BCUT2D eigenvalue weighted by Gasteiger charge is 2.05. The Labute approximate surface area is 215 Å². The summed E-state index contributed by atoms with van der Waals surface area (Å²) in [4.78, 5) is 6.86. The molecule has 0 unspecified atom stereocenters. The third-order valence-corrected chi connectivity index (χ3v) is 4.86. The van der Waals surface area contributed by atoms with Crippen LogP contribution in [0.5, 0.6) is 17.2 Å². The summed E-state index contributed by atoms with van der Waals surface area (Å²) < 4.78 is 16.5. The molecule has 0 atom stereocenters. The van der Waals surface area contributed by atoms with E-state index < -0.39 is 0 Å². The lowest BCUT2D eigenvalue weighted by atomic mass is 10.1. The van der Waals surface area contributed by atoms with Crippen LogP contribution in [0.15, 0.2) is 47.5 Å². The monoisotopic (exact) mass is 570 g/mol. The molecule has 0 aliphatic rings. The van der Waals surface area contributed by atoms with E-state index in [-0.39, 0.29) is 24.0 Å². The van der Waals surface area contributed by atoms with E-state index in [0.29, 0.717) is 6.54 Å². The van der Waals surface area contributed by atoms with Gasteiger partial charge in [-0.3, -0.25) is 0 Å². The van der Waals surface area contributed by atoms with Crippen LogP contribution >= 0.6 is 24.0 Å². The van der Waals surface area contributed by atoms with Gasteiger partial charge in [0.15, 0.2) is 17.5 Å². The highest BCUT2D eigenvalue weighted by Crippen LogP contribution is 2.27. The van der Waals surface area contributed by atoms with Crippen LogP contribution in [0.3, 0.4) is 0 Å². The Balaban J connectivity index is 0.00000544. The largest absolute Gasteiger partial charge is 0.494 e. The van der Waals surface area contributed by atoms with E-state index in [2.05, 4.69) is 54.8 Å². The minimum atomic E-state index is 0. The lowest BCUT2D eigenvalue weighted by molar-refractivity contribution is 0.281. The number of methoxy groups -OCH3 is 2. The van der Waals surface area contributed by atoms with Gasteiger partial charge < -0.3 is 29.7 Å². The van der Waals surface area contributed by atoms with Crippen molar-refractivity contribution >= 4 is 29.9 Å². The van der Waals surface area contributed by atoms with Crippen molar-refractivity contribution < 1.29 is 14.2 Å². The summed E-state index contributed by atoms with van der Waals surface area (Å²) in [5.41, 5.74) is 2.31. The number of hydrogen-bond donors (Lipinski definition) is 2. The molecule has 0 radical (unpaired) electrons. The third-order valence-electron chi connectivity index (χ3n) is 4.86. The van der Waals surface area contributed by atoms with Gasteiger partial charge in [-0.15, -0.1) is 24.0 Å². The number of benzene rings is 2. The summed E-state index contributed by atoms with van der Waals surface area (Å²) in [6.07, 6.45) is 1.87. The molecule has 0 aromatic heterocycles. The van der Waals surface area contributed by atoms with Crippen LogP contribution in [0, 0.1) is 0 Å². The van der Waals surface area contributed by atoms with E-state index in [1.54, 1.807) is 14.2 Å². The predicted octanol–water partition coefficient (Wildman–Crippen LogP) is 3.95. The fourth-order valence-corrected chi connectivity index (χ4v) is 3.14. The van der Waals surface area contributed by atoms with Gasteiger partial charge in [-0.25, -0.2) is 4.99 Å². The maximum Gasteiger partial charge on any atom is 0.191 e. The van der Waals surface area contributed by atoms with E-state index in [1.807, 2.05) is 24.3 Å². The molecule has 0 bridgehead atoms. The lowest BCUT2D eigenvalue weighted by Crippen LogP contribution is -2.38. The first-order valence-electron chi connectivity index (χ1n) is 11.1. The molecule has 0 aliphatic heterocycles. The summed E-state index contributed by atoms with van der Waals surface area (Å²) >= 11 is 0. The summed E-state index contributed by atoms with van der Waals surface area (Å²) in [5, 5.41) is 6.70. The van der Waals surface area contributed by atoms with Crippen molar-refractivity contribution in [1.29, 1.82) is 0 Å². The van der Waals surface area contributed by atoms with E-state index in [4.69, 9.17) is 19.2 Å². The van der Waals surface area contributed by atoms with E-state index in [1.165, 1.54) is 5.56 Å². The van der Waals surface area contributed by atoms with Crippen LogP contribution in [-0.4, -0.2) is 65.4 Å². The third kappa shape index (κ3) is 11.0.